The summed E-state index contributed by atoms with van der Waals surface area (Å²) in [4.78, 5) is 4.82. The summed E-state index contributed by atoms with van der Waals surface area (Å²) in [6, 6.07) is 17.5. The molecular formula is C44H53N5O6S2. The Balaban J connectivity index is 1.59. The summed E-state index contributed by atoms with van der Waals surface area (Å²) in [7, 11) is -8.78. The number of hydrogen-bond acceptors (Lipinski definition) is 7. The molecule has 1 heterocycles. The van der Waals surface area contributed by atoms with E-state index in [4.69, 9.17) is 5.53 Å². The SMILES string of the molecule is C=C(/C=C/C1=C(Nc2ccc(CCN=[N+]=[N-])cc2)C(=C/C=C2/N(CCCC)c3ccc(S(=O)(=O)O)cc3C2(C)C)/CCC1)C(C)(C)c1cc(S(=O)(=O)O)ccc1C. The molecular weight excluding hydrogens is 759 g/mol. The first-order valence-electron chi connectivity index (χ1n) is 19.2. The van der Waals surface area contributed by atoms with Gasteiger partial charge >= 0.3 is 0 Å². The van der Waals surface area contributed by atoms with Gasteiger partial charge in [0.2, 0.25) is 0 Å². The highest BCUT2D eigenvalue weighted by atomic mass is 32.2. The van der Waals surface area contributed by atoms with E-state index in [2.05, 4.69) is 65.8 Å². The number of rotatable bonds is 15. The molecule has 3 aromatic rings. The zero-order chi connectivity index (χ0) is 41.8. The van der Waals surface area contributed by atoms with Crippen molar-refractivity contribution in [2.45, 2.75) is 101 Å². The molecule has 0 amide bonds. The predicted molar refractivity (Wildman–Crippen MR) is 229 cm³/mol. The quantitative estimate of drug-likeness (QED) is 0.0447. The van der Waals surface area contributed by atoms with Gasteiger partial charge in [0.15, 0.2) is 0 Å². The van der Waals surface area contributed by atoms with Crippen LogP contribution in [-0.2, 0) is 37.5 Å². The number of anilines is 2. The lowest BCUT2D eigenvalue weighted by molar-refractivity contribution is 0.480. The fourth-order valence-corrected chi connectivity index (χ4v) is 8.62. The topological polar surface area (TPSA) is 173 Å². The highest BCUT2D eigenvalue weighted by Gasteiger charge is 2.40. The van der Waals surface area contributed by atoms with Gasteiger partial charge in [0, 0.05) is 51.6 Å². The van der Waals surface area contributed by atoms with Crippen molar-refractivity contribution >= 4 is 31.6 Å². The van der Waals surface area contributed by atoms with Crippen molar-refractivity contribution in [3.05, 3.63) is 152 Å². The second-order valence-corrected chi connectivity index (χ2v) is 18.6. The van der Waals surface area contributed by atoms with Crippen molar-refractivity contribution in [3.8, 4) is 0 Å². The summed E-state index contributed by atoms with van der Waals surface area (Å²) >= 11 is 0. The standard InChI is InChI=1S/C44H53N5O6S2/c1-8-9-27-49-40-23-22-37(57(53,54)55)29-39(40)44(6,7)41(49)24-18-34-12-10-11-33(42(34)47-35-19-15-32(16-20-35)25-26-46-48-45)17-14-31(3)43(4,5)38-28-36(56(50,51)52)21-13-30(38)2/h13-24,28-29,47H,3,8-12,25-27H2,1-2,4-7H3,(H,50,51,52)(H,53,54,55)/b17-14+,34-18+,41-24+. The van der Waals surface area contributed by atoms with Crippen LogP contribution in [0.3, 0.4) is 0 Å². The summed E-state index contributed by atoms with van der Waals surface area (Å²) < 4.78 is 67.9. The third kappa shape index (κ3) is 9.80. The molecule has 3 aromatic carbocycles. The molecule has 0 aromatic heterocycles. The van der Waals surface area contributed by atoms with E-state index in [1.54, 1.807) is 18.2 Å². The van der Waals surface area contributed by atoms with E-state index >= 15 is 0 Å². The van der Waals surface area contributed by atoms with Gasteiger partial charge in [0.1, 0.15) is 0 Å². The monoisotopic (exact) mass is 811 g/mol. The van der Waals surface area contributed by atoms with Crippen molar-refractivity contribution in [1.82, 2.24) is 0 Å². The van der Waals surface area contributed by atoms with E-state index in [1.807, 2.05) is 51.1 Å². The van der Waals surface area contributed by atoms with E-state index in [9.17, 15) is 25.9 Å². The molecule has 0 atom stereocenters. The second kappa shape index (κ2) is 17.3. The van der Waals surface area contributed by atoms with Crippen LogP contribution in [0, 0.1) is 6.92 Å². The van der Waals surface area contributed by atoms with Crippen LogP contribution in [0.2, 0.25) is 0 Å². The maximum Gasteiger partial charge on any atom is 0.294 e. The molecule has 11 nitrogen and oxygen atoms in total. The van der Waals surface area contributed by atoms with E-state index in [1.165, 1.54) is 18.2 Å². The number of allylic oxidation sites excluding steroid dienone is 8. The van der Waals surface area contributed by atoms with Gasteiger partial charge in [0.05, 0.1) is 9.79 Å². The lowest BCUT2D eigenvalue weighted by Crippen LogP contribution is -2.27. The molecule has 0 radical (unpaired) electrons. The molecule has 0 saturated carbocycles. The number of hydrogen-bond donors (Lipinski definition) is 3. The van der Waals surface area contributed by atoms with Crippen molar-refractivity contribution < 1.29 is 25.9 Å². The van der Waals surface area contributed by atoms with Gasteiger partial charge in [-0.3, -0.25) is 9.11 Å². The summed E-state index contributed by atoms with van der Waals surface area (Å²) in [6.07, 6.45) is 13.4. The first kappa shape index (κ1) is 43.2. The van der Waals surface area contributed by atoms with Crippen molar-refractivity contribution in [1.29, 1.82) is 0 Å². The van der Waals surface area contributed by atoms with Crippen molar-refractivity contribution in [2.24, 2.45) is 5.11 Å². The molecule has 0 spiro atoms. The summed E-state index contributed by atoms with van der Waals surface area (Å²) in [5.74, 6) is 0. The first-order chi connectivity index (χ1) is 26.8. The lowest BCUT2D eigenvalue weighted by atomic mass is 9.76. The van der Waals surface area contributed by atoms with Crippen LogP contribution in [0.15, 0.2) is 135 Å². The smallest absolute Gasteiger partial charge is 0.294 e. The number of nitrogens with zero attached hydrogens (tertiary/aromatic N) is 4. The molecule has 57 heavy (non-hydrogen) atoms. The highest BCUT2D eigenvalue weighted by molar-refractivity contribution is 7.86. The molecule has 5 rings (SSSR count). The molecule has 3 N–H and O–H groups in total. The van der Waals surface area contributed by atoms with Gasteiger partial charge in [0.25, 0.3) is 20.2 Å². The van der Waals surface area contributed by atoms with E-state index in [0.29, 0.717) is 13.0 Å². The van der Waals surface area contributed by atoms with Gasteiger partial charge in [-0.05, 0) is 132 Å². The van der Waals surface area contributed by atoms with Crippen LogP contribution in [0.25, 0.3) is 10.4 Å². The van der Waals surface area contributed by atoms with Gasteiger partial charge in [-0.1, -0.05) is 89.2 Å². The van der Waals surface area contributed by atoms with E-state index in [0.717, 1.165) is 100 Å². The van der Waals surface area contributed by atoms with Crippen molar-refractivity contribution in [3.63, 3.8) is 0 Å². The number of fused-ring (bicyclic) bond motifs is 1. The maximum absolute atomic E-state index is 12.1. The lowest BCUT2D eigenvalue weighted by Gasteiger charge is -2.29. The first-order valence-corrected chi connectivity index (χ1v) is 22.0. The summed E-state index contributed by atoms with van der Waals surface area (Å²) in [6.45, 7) is 17.7. The van der Waals surface area contributed by atoms with Crippen LogP contribution >= 0.6 is 0 Å². The van der Waals surface area contributed by atoms with Gasteiger partial charge in [-0.2, -0.15) is 16.8 Å². The second-order valence-electron chi connectivity index (χ2n) is 15.7. The van der Waals surface area contributed by atoms with Gasteiger partial charge in [-0.15, -0.1) is 0 Å². The van der Waals surface area contributed by atoms with Gasteiger partial charge in [-0.25, -0.2) is 0 Å². The normalized spacial score (nSPS) is 17.3. The summed E-state index contributed by atoms with van der Waals surface area (Å²) in [5, 5.41) is 7.36. The number of nitrogens with one attached hydrogen (secondary N) is 1. The van der Waals surface area contributed by atoms with Crippen LogP contribution < -0.4 is 10.2 Å². The largest absolute Gasteiger partial charge is 0.355 e. The molecule has 1 aliphatic carbocycles. The minimum Gasteiger partial charge on any atom is -0.355 e. The van der Waals surface area contributed by atoms with Crippen molar-refractivity contribution in [2.75, 3.05) is 23.3 Å². The average Bonchev–Trinajstić information content (AvgIpc) is 3.36. The Morgan fingerprint density at radius 3 is 2.32 bits per heavy atom. The Morgan fingerprint density at radius 2 is 1.67 bits per heavy atom. The number of unbranched alkanes of at least 4 members (excludes halogenated alkanes) is 1. The maximum atomic E-state index is 12.1. The Morgan fingerprint density at radius 1 is 1.00 bits per heavy atom. The summed E-state index contributed by atoms with van der Waals surface area (Å²) in [5.41, 5.74) is 17.7. The fraction of sp³-hybridized carbons (Fsp3) is 0.364. The Kier molecular flexibility index (Phi) is 13.1. The predicted octanol–water partition coefficient (Wildman–Crippen LogP) is 10.7. The number of azide groups is 1. The van der Waals surface area contributed by atoms with Crippen LogP contribution in [0.4, 0.5) is 11.4 Å². The Hall–Kier alpha value is -4.91. The zero-order valence-corrected chi connectivity index (χ0v) is 35.2. The molecule has 13 heteroatoms. The fourth-order valence-electron chi connectivity index (χ4n) is 7.61. The molecule has 1 aliphatic heterocycles. The zero-order valence-electron chi connectivity index (χ0n) is 33.6. The minimum atomic E-state index is -4.39. The van der Waals surface area contributed by atoms with E-state index in [-0.39, 0.29) is 9.79 Å². The molecule has 0 bridgehead atoms. The van der Waals surface area contributed by atoms with Crippen LogP contribution in [0.5, 0.6) is 0 Å². The minimum absolute atomic E-state index is 0.127. The van der Waals surface area contributed by atoms with Gasteiger partial charge < -0.3 is 10.2 Å². The van der Waals surface area contributed by atoms with E-state index < -0.39 is 31.1 Å². The number of aryl methyl sites for hydroxylation is 1. The number of benzene rings is 3. The third-order valence-corrected chi connectivity index (χ3v) is 12.8. The Labute approximate surface area is 337 Å². The molecule has 0 fully saturated rings. The third-order valence-electron chi connectivity index (χ3n) is 11.1. The average molecular weight is 812 g/mol. The van der Waals surface area contributed by atoms with Crippen LogP contribution in [-0.4, -0.2) is 39.0 Å². The molecule has 0 saturated heterocycles. The van der Waals surface area contributed by atoms with Crippen LogP contribution in [0.1, 0.15) is 89.0 Å². The molecule has 0 unspecified atom stereocenters. The highest BCUT2D eigenvalue weighted by Crippen LogP contribution is 2.49. The molecule has 2 aliphatic rings. The molecule has 302 valence electrons. The Bertz CT molecular complexity index is 2440.